The average molecular weight is 294 g/mol. The number of nitrogens with zero attached hydrogens (tertiary/aromatic N) is 3. The first-order valence-corrected chi connectivity index (χ1v) is 6.82. The van der Waals surface area contributed by atoms with Crippen LogP contribution in [0.4, 0.5) is 0 Å². The third-order valence-electron chi connectivity index (χ3n) is 4.33. The highest BCUT2D eigenvalue weighted by atomic mass is 35.5. The van der Waals surface area contributed by atoms with E-state index < -0.39 is 17.6 Å². The Bertz CT molecular complexity index is 671. The summed E-state index contributed by atoms with van der Waals surface area (Å²) in [7, 11) is 0. The molecule has 4 atom stereocenters. The molecule has 2 heterocycles. The Kier molecular flexibility index (Phi) is 3.08. The van der Waals surface area contributed by atoms with Gasteiger partial charge in [-0.3, -0.25) is 0 Å². The van der Waals surface area contributed by atoms with Gasteiger partial charge >= 0.3 is 0 Å². The molecule has 0 radical (unpaired) electrons. The second-order valence-corrected chi connectivity index (χ2v) is 5.90. The third-order valence-corrected chi connectivity index (χ3v) is 4.63. The molecule has 0 spiro atoms. The molecule has 1 aliphatic rings. The minimum Gasteiger partial charge on any atom is -0.389 e. The van der Waals surface area contributed by atoms with E-state index >= 15 is 0 Å². The first-order chi connectivity index (χ1) is 9.48. The van der Waals surface area contributed by atoms with Crippen molar-refractivity contribution in [3.8, 4) is 0 Å². The zero-order chi connectivity index (χ0) is 14.5. The standard InChI is InChI=1S/C14H16ClN3O2/c1-3-14(2)6-9(10(19)11(14)20)18-5-4-8-12(15)16-7-17-13(8)18/h3-5,7,9-11,19-20H,1,6H2,2H3/t9-,10+,11+,14+/m1/s1. The van der Waals surface area contributed by atoms with E-state index in [2.05, 4.69) is 16.5 Å². The molecule has 106 valence electrons. The lowest BCUT2D eigenvalue weighted by Gasteiger charge is -2.23. The Hall–Kier alpha value is -1.43. The molecule has 2 aromatic heterocycles. The van der Waals surface area contributed by atoms with Gasteiger partial charge in [0.15, 0.2) is 0 Å². The molecule has 2 N–H and O–H groups in total. The van der Waals surface area contributed by atoms with Crippen LogP contribution < -0.4 is 0 Å². The summed E-state index contributed by atoms with van der Waals surface area (Å²) in [6, 6.07) is 1.55. The largest absolute Gasteiger partial charge is 0.389 e. The van der Waals surface area contributed by atoms with Gasteiger partial charge in [-0.1, -0.05) is 24.6 Å². The van der Waals surface area contributed by atoms with Gasteiger partial charge in [-0.05, 0) is 12.5 Å². The fraction of sp³-hybridized carbons (Fsp3) is 0.429. The van der Waals surface area contributed by atoms with E-state index in [-0.39, 0.29) is 6.04 Å². The van der Waals surface area contributed by atoms with E-state index in [9.17, 15) is 10.2 Å². The van der Waals surface area contributed by atoms with Gasteiger partial charge in [0.25, 0.3) is 0 Å². The molecule has 1 fully saturated rings. The molecule has 1 aliphatic carbocycles. The molecule has 5 nitrogen and oxygen atoms in total. The van der Waals surface area contributed by atoms with Crippen LogP contribution in [0, 0.1) is 5.41 Å². The third kappa shape index (κ3) is 1.78. The number of rotatable bonds is 2. The van der Waals surface area contributed by atoms with Crippen molar-refractivity contribution in [1.29, 1.82) is 0 Å². The van der Waals surface area contributed by atoms with Crippen molar-refractivity contribution in [2.45, 2.75) is 31.6 Å². The highest BCUT2D eigenvalue weighted by Crippen LogP contribution is 2.46. The highest BCUT2D eigenvalue weighted by Gasteiger charge is 2.48. The summed E-state index contributed by atoms with van der Waals surface area (Å²) in [5.41, 5.74) is 0.145. The van der Waals surface area contributed by atoms with Crippen LogP contribution in [0.15, 0.2) is 31.2 Å². The van der Waals surface area contributed by atoms with E-state index in [1.54, 1.807) is 6.08 Å². The number of aliphatic hydroxyl groups is 2. The van der Waals surface area contributed by atoms with Gasteiger partial charge in [-0.15, -0.1) is 6.58 Å². The number of aliphatic hydroxyl groups excluding tert-OH is 2. The van der Waals surface area contributed by atoms with Crippen LogP contribution in [0.5, 0.6) is 0 Å². The Labute approximate surface area is 121 Å². The zero-order valence-corrected chi connectivity index (χ0v) is 11.8. The second-order valence-electron chi connectivity index (χ2n) is 5.54. The van der Waals surface area contributed by atoms with Gasteiger partial charge in [0.1, 0.15) is 23.2 Å². The smallest absolute Gasteiger partial charge is 0.145 e. The van der Waals surface area contributed by atoms with Crippen LogP contribution in [-0.4, -0.2) is 37.0 Å². The predicted octanol–water partition coefficient (Wildman–Crippen LogP) is 1.94. The van der Waals surface area contributed by atoms with Gasteiger partial charge in [-0.2, -0.15) is 0 Å². The summed E-state index contributed by atoms with van der Waals surface area (Å²) >= 11 is 6.03. The number of aromatic nitrogens is 3. The van der Waals surface area contributed by atoms with Crippen LogP contribution in [0.3, 0.4) is 0 Å². The van der Waals surface area contributed by atoms with Crippen molar-refractivity contribution in [3.63, 3.8) is 0 Å². The lowest BCUT2D eigenvalue weighted by Crippen LogP contribution is -2.33. The van der Waals surface area contributed by atoms with Crippen molar-refractivity contribution >= 4 is 22.6 Å². The second kappa shape index (κ2) is 4.55. The van der Waals surface area contributed by atoms with Gasteiger partial charge < -0.3 is 14.8 Å². The van der Waals surface area contributed by atoms with Crippen LogP contribution in [0.25, 0.3) is 11.0 Å². The van der Waals surface area contributed by atoms with E-state index in [4.69, 9.17) is 11.6 Å². The number of fused-ring (bicyclic) bond motifs is 1. The van der Waals surface area contributed by atoms with E-state index in [0.29, 0.717) is 17.2 Å². The fourth-order valence-corrected chi connectivity index (χ4v) is 3.16. The Morgan fingerprint density at radius 2 is 2.25 bits per heavy atom. The predicted molar refractivity (Wildman–Crippen MR) is 76.5 cm³/mol. The molecule has 0 aromatic carbocycles. The lowest BCUT2D eigenvalue weighted by atomic mass is 9.86. The van der Waals surface area contributed by atoms with Gasteiger partial charge in [0.05, 0.1) is 17.5 Å². The van der Waals surface area contributed by atoms with Gasteiger partial charge in [-0.25, -0.2) is 9.97 Å². The summed E-state index contributed by atoms with van der Waals surface area (Å²) in [5.74, 6) is 0. The van der Waals surface area contributed by atoms with E-state index in [0.717, 1.165) is 5.39 Å². The number of halogens is 1. The summed E-state index contributed by atoms with van der Waals surface area (Å²) in [6.07, 6.45) is 3.78. The average Bonchev–Trinajstić information content (AvgIpc) is 2.96. The molecule has 3 rings (SSSR count). The van der Waals surface area contributed by atoms with E-state index in [1.807, 2.05) is 23.8 Å². The van der Waals surface area contributed by atoms with Crippen LogP contribution >= 0.6 is 11.6 Å². The maximum atomic E-state index is 10.3. The van der Waals surface area contributed by atoms with Crippen LogP contribution in [0.1, 0.15) is 19.4 Å². The summed E-state index contributed by atoms with van der Waals surface area (Å²) in [5, 5.41) is 21.7. The van der Waals surface area contributed by atoms with Gasteiger partial charge in [0, 0.05) is 11.6 Å². The van der Waals surface area contributed by atoms with Crippen molar-refractivity contribution in [2.24, 2.45) is 5.41 Å². The van der Waals surface area contributed by atoms with E-state index in [1.165, 1.54) is 6.33 Å². The lowest BCUT2D eigenvalue weighted by molar-refractivity contribution is -0.00716. The Balaban J connectivity index is 2.08. The van der Waals surface area contributed by atoms with Crippen molar-refractivity contribution in [3.05, 3.63) is 36.4 Å². The maximum absolute atomic E-state index is 10.3. The fourth-order valence-electron chi connectivity index (χ4n) is 2.97. The quantitative estimate of drug-likeness (QED) is 0.656. The summed E-state index contributed by atoms with van der Waals surface area (Å²) in [6.45, 7) is 5.65. The zero-order valence-electron chi connectivity index (χ0n) is 11.1. The number of hydrogen-bond donors (Lipinski definition) is 2. The summed E-state index contributed by atoms with van der Waals surface area (Å²) < 4.78 is 1.85. The van der Waals surface area contributed by atoms with Crippen molar-refractivity contribution in [2.75, 3.05) is 0 Å². The van der Waals surface area contributed by atoms with Gasteiger partial charge in [0.2, 0.25) is 0 Å². The minimum absolute atomic E-state index is 0.267. The Morgan fingerprint density at radius 3 is 2.90 bits per heavy atom. The molecular weight excluding hydrogens is 278 g/mol. The van der Waals surface area contributed by atoms with Crippen molar-refractivity contribution in [1.82, 2.24) is 14.5 Å². The Morgan fingerprint density at radius 1 is 1.50 bits per heavy atom. The molecular formula is C14H16ClN3O2. The molecule has 20 heavy (non-hydrogen) atoms. The monoisotopic (exact) mass is 293 g/mol. The highest BCUT2D eigenvalue weighted by molar-refractivity contribution is 6.33. The SMILES string of the molecule is C=C[C@@]1(C)C[C@@H](n2ccc3c(Cl)ncnc32)[C@H](O)[C@@H]1O. The first-order valence-electron chi connectivity index (χ1n) is 6.45. The summed E-state index contributed by atoms with van der Waals surface area (Å²) in [4.78, 5) is 8.17. The molecule has 0 bridgehead atoms. The molecule has 0 amide bonds. The molecule has 0 unspecified atom stereocenters. The molecule has 2 aromatic rings. The van der Waals surface area contributed by atoms with Crippen LogP contribution in [0.2, 0.25) is 5.15 Å². The topological polar surface area (TPSA) is 71.2 Å². The number of hydrogen-bond acceptors (Lipinski definition) is 4. The molecule has 0 saturated heterocycles. The maximum Gasteiger partial charge on any atom is 0.145 e. The minimum atomic E-state index is -0.873. The van der Waals surface area contributed by atoms with Crippen LogP contribution in [-0.2, 0) is 0 Å². The molecule has 1 saturated carbocycles. The molecule has 6 heteroatoms. The first kappa shape index (κ1) is 13.5. The van der Waals surface area contributed by atoms with Crippen molar-refractivity contribution < 1.29 is 10.2 Å². The molecule has 0 aliphatic heterocycles. The normalized spacial score (nSPS) is 33.7.